The number of amides is 2. The molecule has 4 atom stereocenters. The fourth-order valence-corrected chi connectivity index (χ4v) is 7.41. The van der Waals surface area contributed by atoms with Gasteiger partial charge < -0.3 is 15.0 Å². The zero-order chi connectivity index (χ0) is 29.5. The average molecular weight is 570 g/mol. The summed E-state index contributed by atoms with van der Waals surface area (Å²) in [5, 5.41) is 3.19. The van der Waals surface area contributed by atoms with Crippen LogP contribution in [-0.4, -0.2) is 51.4 Å². The summed E-state index contributed by atoms with van der Waals surface area (Å²) in [5.41, 5.74) is 2.26. The van der Waals surface area contributed by atoms with Crippen LogP contribution in [0.2, 0.25) is 0 Å². The van der Waals surface area contributed by atoms with Crippen LogP contribution in [0.5, 0.6) is 5.75 Å². The molecule has 3 heterocycles. The second-order valence-corrected chi connectivity index (χ2v) is 13.0. The number of fused-ring (bicyclic) bond motifs is 1. The second kappa shape index (κ2) is 11.2. The first kappa shape index (κ1) is 28.4. The van der Waals surface area contributed by atoms with Crippen molar-refractivity contribution in [1.82, 2.24) is 15.1 Å². The van der Waals surface area contributed by atoms with Gasteiger partial charge in [-0.2, -0.15) is 0 Å². The normalized spacial score (nSPS) is 25.1. The van der Waals surface area contributed by atoms with Gasteiger partial charge in [0, 0.05) is 25.7 Å². The smallest absolute Gasteiger partial charge is 0.244 e. The fourth-order valence-electron chi connectivity index (χ4n) is 7.41. The molecule has 3 aromatic rings. The van der Waals surface area contributed by atoms with Crippen molar-refractivity contribution in [3.8, 4) is 5.75 Å². The summed E-state index contributed by atoms with van der Waals surface area (Å²) in [6.45, 7) is 7.54. The number of carbonyl (C=O) groups is 2. The molecular formula is C35H40FN3O3. The van der Waals surface area contributed by atoms with Crippen LogP contribution in [0, 0.1) is 11.7 Å². The molecule has 3 aliphatic heterocycles. The van der Waals surface area contributed by atoms with E-state index in [2.05, 4.69) is 34.5 Å². The Hall–Kier alpha value is -3.71. The van der Waals surface area contributed by atoms with Crippen molar-refractivity contribution < 1.29 is 18.7 Å². The third kappa shape index (κ3) is 5.42. The lowest BCUT2D eigenvalue weighted by molar-refractivity contribution is -0.138. The number of hydrogen-bond donors (Lipinski definition) is 1. The van der Waals surface area contributed by atoms with Gasteiger partial charge in [-0.05, 0) is 87.4 Å². The van der Waals surface area contributed by atoms with Crippen LogP contribution in [0.15, 0.2) is 78.9 Å². The molecule has 3 saturated heterocycles. The summed E-state index contributed by atoms with van der Waals surface area (Å²) in [6, 6.07) is 24.1. The Labute approximate surface area is 247 Å². The van der Waals surface area contributed by atoms with E-state index in [0.29, 0.717) is 13.1 Å². The highest BCUT2D eigenvalue weighted by Crippen LogP contribution is 2.58. The Morgan fingerprint density at radius 1 is 0.952 bits per heavy atom. The molecule has 0 aliphatic carbocycles. The first-order valence-corrected chi connectivity index (χ1v) is 15.1. The molecule has 3 aromatic carbocycles. The van der Waals surface area contributed by atoms with Crippen LogP contribution in [0.25, 0.3) is 0 Å². The van der Waals surface area contributed by atoms with Crippen molar-refractivity contribution in [1.29, 1.82) is 0 Å². The maximum atomic E-state index is 14.1. The van der Waals surface area contributed by atoms with Crippen molar-refractivity contribution in [3.63, 3.8) is 0 Å². The number of rotatable bonds is 9. The molecule has 0 saturated carbocycles. The van der Waals surface area contributed by atoms with E-state index in [-0.39, 0.29) is 41.7 Å². The summed E-state index contributed by atoms with van der Waals surface area (Å²) in [4.78, 5) is 32.4. The van der Waals surface area contributed by atoms with Gasteiger partial charge in [0.25, 0.3) is 0 Å². The van der Waals surface area contributed by atoms with Gasteiger partial charge in [0.05, 0.1) is 11.5 Å². The number of nitrogens with zero attached hydrogens (tertiary/aromatic N) is 2. The average Bonchev–Trinajstić information content (AvgIpc) is 3.54. The lowest BCUT2D eigenvalue weighted by Gasteiger charge is -2.40. The van der Waals surface area contributed by atoms with Gasteiger partial charge in [-0.1, -0.05) is 54.6 Å². The van der Waals surface area contributed by atoms with E-state index in [0.717, 1.165) is 48.1 Å². The molecule has 2 amide bonds. The van der Waals surface area contributed by atoms with E-state index in [1.165, 1.54) is 12.1 Å². The number of benzene rings is 3. The van der Waals surface area contributed by atoms with Gasteiger partial charge in [0.1, 0.15) is 23.2 Å². The number of nitrogens with one attached hydrogen (secondary N) is 1. The van der Waals surface area contributed by atoms with Crippen LogP contribution in [-0.2, 0) is 29.1 Å². The third-order valence-corrected chi connectivity index (χ3v) is 9.10. The van der Waals surface area contributed by atoms with Gasteiger partial charge >= 0.3 is 0 Å². The molecule has 3 fully saturated rings. The molecule has 0 aromatic heterocycles. The van der Waals surface area contributed by atoms with E-state index >= 15 is 0 Å². The van der Waals surface area contributed by atoms with Crippen LogP contribution >= 0.6 is 0 Å². The molecule has 1 N–H and O–H groups in total. The Kier molecular flexibility index (Phi) is 7.56. The molecule has 0 radical (unpaired) electrons. The molecule has 6 rings (SSSR count). The number of likely N-dealkylation sites (tertiary alicyclic amines) is 1. The van der Waals surface area contributed by atoms with Gasteiger partial charge in [-0.3, -0.25) is 14.5 Å². The lowest BCUT2D eigenvalue weighted by atomic mass is 9.75. The predicted molar refractivity (Wildman–Crippen MR) is 160 cm³/mol. The van der Waals surface area contributed by atoms with E-state index in [4.69, 9.17) is 4.74 Å². The highest BCUT2D eigenvalue weighted by molar-refractivity contribution is 5.96. The first-order chi connectivity index (χ1) is 20.1. The zero-order valence-electron chi connectivity index (χ0n) is 24.7. The zero-order valence-corrected chi connectivity index (χ0v) is 24.7. The van der Waals surface area contributed by atoms with Crippen LogP contribution in [0.4, 0.5) is 4.39 Å². The summed E-state index contributed by atoms with van der Waals surface area (Å²) < 4.78 is 19.7. The van der Waals surface area contributed by atoms with Gasteiger partial charge in [-0.25, -0.2) is 4.39 Å². The standard InChI is InChI=1S/C35H40FN3O3/c1-34(2,3)42-29-15-11-26(12-16-29)23-39-28-17-19-35(39)30(21-28)33(41)38(22-25-9-13-27(36)14-10-25)31(35)32(40)37-20-18-24-7-5-4-6-8-24/h4-16,28,30-31H,17-23H2,1-3H3,(H,37,40)/t28?,30-,31+,35?/m1/s1. The lowest BCUT2D eigenvalue weighted by Crippen LogP contribution is -2.60. The predicted octanol–water partition coefficient (Wildman–Crippen LogP) is 5.50. The van der Waals surface area contributed by atoms with Crippen molar-refractivity contribution in [2.75, 3.05) is 6.54 Å². The summed E-state index contributed by atoms with van der Waals surface area (Å²) in [7, 11) is 0. The highest BCUT2D eigenvalue weighted by atomic mass is 19.1. The molecule has 3 aliphatic rings. The molecule has 2 unspecified atom stereocenters. The number of hydrogen-bond acceptors (Lipinski definition) is 4. The van der Waals surface area contributed by atoms with Crippen LogP contribution in [0.3, 0.4) is 0 Å². The molecule has 2 bridgehead atoms. The minimum absolute atomic E-state index is 0.0312. The quantitative estimate of drug-likeness (QED) is 0.370. The molecular weight excluding hydrogens is 529 g/mol. The molecule has 6 nitrogen and oxygen atoms in total. The molecule has 220 valence electrons. The third-order valence-electron chi connectivity index (χ3n) is 9.10. The van der Waals surface area contributed by atoms with Gasteiger partial charge in [-0.15, -0.1) is 0 Å². The highest BCUT2D eigenvalue weighted by Gasteiger charge is 2.71. The van der Waals surface area contributed by atoms with Crippen LogP contribution < -0.4 is 10.1 Å². The maximum Gasteiger partial charge on any atom is 0.244 e. The van der Waals surface area contributed by atoms with Crippen molar-refractivity contribution >= 4 is 11.8 Å². The minimum Gasteiger partial charge on any atom is -0.488 e. The number of ether oxygens (including phenoxy) is 1. The Morgan fingerprint density at radius 3 is 2.31 bits per heavy atom. The van der Waals surface area contributed by atoms with E-state index in [1.807, 2.05) is 51.1 Å². The van der Waals surface area contributed by atoms with E-state index < -0.39 is 11.6 Å². The second-order valence-electron chi connectivity index (χ2n) is 13.0. The largest absolute Gasteiger partial charge is 0.488 e. The van der Waals surface area contributed by atoms with Crippen LogP contribution in [0.1, 0.15) is 56.7 Å². The van der Waals surface area contributed by atoms with Crippen molar-refractivity contribution in [3.05, 3.63) is 101 Å². The monoisotopic (exact) mass is 569 g/mol. The fraction of sp³-hybridized carbons (Fsp3) is 0.429. The Balaban J connectivity index is 1.28. The Bertz CT molecular complexity index is 1420. The molecule has 42 heavy (non-hydrogen) atoms. The first-order valence-electron chi connectivity index (χ1n) is 15.1. The summed E-state index contributed by atoms with van der Waals surface area (Å²) in [6.07, 6.45) is 3.25. The molecule has 1 spiro atoms. The summed E-state index contributed by atoms with van der Waals surface area (Å²) in [5.74, 6) is 0.198. The van der Waals surface area contributed by atoms with Gasteiger partial charge in [0.2, 0.25) is 11.8 Å². The number of carbonyl (C=O) groups excluding carboxylic acids is 2. The van der Waals surface area contributed by atoms with Gasteiger partial charge in [0.15, 0.2) is 0 Å². The van der Waals surface area contributed by atoms with Crippen molar-refractivity contribution in [2.45, 2.75) is 82.8 Å². The van der Waals surface area contributed by atoms with E-state index in [1.54, 1.807) is 17.0 Å². The number of halogens is 1. The minimum atomic E-state index is -0.619. The topological polar surface area (TPSA) is 61.9 Å². The van der Waals surface area contributed by atoms with Crippen molar-refractivity contribution in [2.24, 2.45) is 5.92 Å². The van der Waals surface area contributed by atoms with E-state index in [9.17, 15) is 14.0 Å². The SMILES string of the molecule is CC(C)(C)Oc1ccc(CN2C3CCC24[C@H](C3)C(=O)N(Cc2ccc(F)cc2)[C@H]4C(=O)NCCc2ccccc2)cc1. The molecule has 7 heteroatoms. The summed E-state index contributed by atoms with van der Waals surface area (Å²) >= 11 is 0. The maximum absolute atomic E-state index is 14.1. The Morgan fingerprint density at radius 2 is 1.62 bits per heavy atom.